The summed E-state index contributed by atoms with van der Waals surface area (Å²) in [5, 5.41) is 14.2. The van der Waals surface area contributed by atoms with Gasteiger partial charge in [0, 0.05) is 11.1 Å². The average Bonchev–Trinajstić information content (AvgIpc) is 2.54. The van der Waals surface area contributed by atoms with Gasteiger partial charge in [-0.2, -0.15) is 0 Å². The molecule has 1 N–H and O–H groups in total. The Balaban J connectivity index is 2.15. The number of anilines is 1. The standard InChI is InChI=1S/C17H17ClN2O4/c1-3-16(24-13-7-4-6-12(18)10-13)17(21)19-14-8-5-9-15(11(14)2)20(22)23/h4-10,16H,3H2,1-2H3,(H,19,21). The minimum atomic E-state index is -0.734. The molecule has 24 heavy (non-hydrogen) atoms. The Morgan fingerprint density at radius 1 is 1.33 bits per heavy atom. The van der Waals surface area contributed by atoms with Crippen molar-refractivity contribution in [3.8, 4) is 5.75 Å². The maximum atomic E-state index is 12.4. The molecule has 1 amide bonds. The zero-order valence-corrected chi connectivity index (χ0v) is 14.0. The summed E-state index contributed by atoms with van der Waals surface area (Å²) in [6.07, 6.45) is -0.297. The summed E-state index contributed by atoms with van der Waals surface area (Å²) < 4.78 is 5.67. The third-order valence-electron chi connectivity index (χ3n) is 3.50. The predicted octanol–water partition coefficient (Wildman–Crippen LogP) is 4.35. The van der Waals surface area contributed by atoms with Gasteiger partial charge >= 0.3 is 0 Å². The van der Waals surface area contributed by atoms with Crippen LogP contribution in [0.5, 0.6) is 5.75 Å². The van der Waals surface area contributed by atoms with Crippen LogP contribution in [0.25, 0.3) is 0 Å². The Bertz CT molecular complexity index is 764. The number of nitrogens with one attached hydrogen (secondary N) is 1. The third kappa shape index (κ3) is 4.23. The number of ether oxygens (including phenoxy) is 1. The number of amides is 1. The quantitative estimate of drug-likeness (QED) is 0.621. The molecule has 0 spiro atoms. The molecule has 0 saturated heterocycles. The second-order valence-corrected chi connectivity index (χ2v) is 5.60. The molecule has 0 aliphatic rings. The molecular weight excluding hydrogens is 332 g/mol. The molecule has 2 aromatic carbocycles. The van der Waals surface area contributed by atoms with Gasteiger partial charge in [0.15, 0.2) is 6.10 Å². The van der Waals surface area contributed by atoms with Gasteiger partial charge in [0.05, 0.1) is 16.2 Å². The fraction of sp³-hybridized carbons (Fsp3) is 0.235. The van der Waals surface area contributed by atoms with Crippen LogP contribution >= 0.6 is 11.6 Å². The first-order chi connectivity index (χ1) is 11.4. The Kier molecular flexibility index (Phi) is 5.76. The fourth-order valence-corrected chi connectivity index (χ4v) is 2.38. The van der Waals surface area contributed by atoms with E-state index in [1.807, 2.05) is 6.92 Å². The zero-order chi connectivity index (χ0) is 17.7. The van der Waals surface area contributed by atoms with E-state index in [0.29, 0.717) is 28.4 Å². The van der Waals surface area contributed by atoms with Crippen LogP contribution in [0.1, 0.15) is 18.9 Å². The highest BCUT2D eigenvalue weighted by Gasteiger charge is 2.21. The van der Waals surface area contributed by atoms with Crippen LogP contribution in [0.3, 0.4) is 0 Å². The Morgan fingerprint density at radius 2 is 2.04 bits per heavy atom. The molecule has 0 aliphatic heterocycles. The van der Waals surface area contributed by atoms with E-state index in [2.05, 4.69) is 5.32 Å². The number of hydrogen-bond acceptors (Lipinski definition) is 4. The summed E-state index contributed by atoms with van der Waals surface area (Å²) >= 11 is 5.90. The minimum Gasteiger partial charge on any atom is -0.481 e. The van der Waals surface area contributed by atoms with Crippen LogP contribution in [0.15, 0.2) is 42.5 Å². The lowest BCUT2D eigenvalue weighted by atomic mass is 10.1. The normalized spacial score (nSPS) is 11.6. The van der Waals surface area contributed by atoms with Crippen molar-refractivity contribution < 1.29 is 14.5 Å². The van der Waals surface area contributed by atoms with Gasteiger partial charge in [-0.3, -0.25) is 14.9 Å². The lowest BCUT2D eigenvalue weighted by molar-refractivity contribution is -0.385. The summed E-state index contributed by atoms with van der Waals surface area (Å²) in [7, 11) is 0. The Labute approximate surface area is 144 Å². The molecule has 1 atom stereocenters. The van der Waals surface area contributed by atoms with Crippen LogP contribution in [-0.2, 0) is 4.79 Å². The molecule has 0 aliphatic carbocycles. The predicted molar refractivity (Wildman–Crippen MR) is 92.6 cm³/mol. The molecule has 0 bridgehead atoms. The number of nitrogens with zero attached hydrogens (tertiary/aromatic N) is 1. The molecule has 2 aromatic rings. The highest BCUT2D eigenvalue weighted by molar-refractivity contribution is 6.30. The van der Waals surface area contributed by atoms with E-state index in [4.69, 9.17) is 16.3 Å². The van der Waals surface area contributed by atoms with Crippen molar-refractivity contribution in [1.29, 1.82) is 0 Å². The number of halogens is 1. The Hall–Kier alpha value is -2.60. The maximum Gasteiger partial charge on any atom is 0.274 e. The molecule has 2 rings (SSSR count). The van der Waals surface area contributed by atoms with Gasteiger partial charge in [0.2, 0.25) is 0 Å². The second-order valence-electron chi connectivity index (χ2n) is 5.17. The van der Waals surface area contributed by atoms with E-state index < -0.39 is 11.0 Å². The lowest BCUT2D eigenvalue weighted by Crippen LogP contribution is -2.32. The first-order valence-corrected chi connectivity index (χ1v) is 7.77. The molecule has 0 radical (unpaired) electrons. The first-order valence-electron chi connectivity index (χ1n) is 7.39. The van der Waals surface area contributed by atoms with E-state index in [0.717, 1.165) is 0 Å². The number of benzene rings is 2. The monoisotopic (exact) mass is 348 g/mol. The van der Waals surface area contributed by atoms with E-state index in [1.165, 1.54) is 12.1 Å². The van der Waals surface area contributed by atoms with Gasteiger partial charge in [-0.05, 0) is 37.6 Å². The van der Waals surface area contributed by atoms with Crippen molar-refractivity contribution >= 4 is 28.9 Å². The van der Waals surface area contributed by atoms with Crippen molar-refractivity contribution in [2.45, 2.75) is 26.4 Å². The molecule has 0 saturated carbocycles. The summed E-state index contributed by atoms with van der Waals surface area (Å²) in [4.78, 5) is 22.9. The highest BCUT2D eigenvalue weighted by Crippen LogP contribution is 2.26. The van der Waals surface area contributed by atoms with Crippen molar-refractivity contribution in [3.05, 3.63) is 63.2 Å². The topological polar surface area (TPSA) is 81.5 Å². The lowest BCUT2D eigenvalue weighted by Gasteiger charge is -2.18. The van der Waals surface area contributed by atoms with E-state index in [9.17, 15) is 14.9 Å². The van der Waals surface area contributed by atoms with Gasteiger partial charge in [-0.1, -0.05) is 30.7 Å². The van der Waals surface area contributed by atoms with Crippen LogP contribution in [-0.4, -0.2) is 16.9 Å². The molecule has 0 aromatic heterocycles. The summed E-state index contributed by atoms with van der Waals surface area (Å²) in [5.41, 5.74) is 0.743. The second kappa shape index (κ2) is 7.79. The number of carbonyl (C=O) groups excluding carboxylic acids is 1. The van der Waals surface area contributed by atoms with E-state index in [-0.39, 0.29) is 11.6 Å². The summed E-state index contributed by atoms with van der Waals surface area (Å²) in [6.45, 7) is 3.40. The summed E-state index contributed by atoms with van der Waals surface area (Å²) in [6, 6.07) is 11.3. The maximum absolute atomic E-state index is 12.4. The SMILES string of the molecule is CCC(Oc1cccc(Cl)c1)C(=O)Nc1cccc([N+](=O)[O-])c1C. The average molecular weight is 349 g/mol. The van der Waals surface area contributed by atoms with Crippen molar-refractivity contribution in [2.75, 3.05) is 5.32 Å². The summed E-state index contributed by atoms with van der Waals surface area (Å²) in [5.74, 6) is 0.112. The van der Waals surface area contributed by atoms with Crippen molar-refractivity contribution in [3.63, 3.8) is 0 Å². The number of nitro benzene ring substituents is 1. The smallest absolute Gasteiger partial charge is 0.274 e. The third-order valence-corrected chi connectivity index (χ3v) is 3.73. The minimum absolute atomic E-state index is 0.0448. The van der Waals surface area contributed by atoms with Crippen molar-refractivity contribution in [2.24, 2.45) is 0 Å². The van der Waals surface area contributed by atoms with Crippen LogP contribution in [0.2, 0.25) is 5.02 Å². The van der Waals surface area contributed by atoms with E-state index in [1.54, 1.807) is 37.3 Å². The molecular formula is C17H17ClN2O4. The molecule has 0 fully saturated rings. The number of carbonyl (C=O) groups is 1. The van der Waals surface area contributed by atoms with Crippen LogP contribution in [0, 0.1) is 17.0 Å². The number of nitro groups is 1. The van der Waals surface area contributed by atoms with Gasteiger partial charge in [0.25, 0.3) is 11.6 Å². The molecule has 126 valence electrons. The fourth-order valence-electron chi connectivity index (χ4n) is 2.20. The zero-order valence-electron chi connectivity index (χ0n) is 13.3. The first kappa shape index (κ1) is 17.7. The Morgan fingerprint density at radius 3 is 2.67 bits per heavy atom. The van der Waals surface area contributed by atoms with Crippen molar-refractivity contribution in [1.82, 2.24) is 0 Å². The highest BCUT2D eigenvalue weighted by atomic mass is 35.5. The number of rotatable bonds is 6. The van der Waals surface area contributed by atoms with E-state index >= 15 is 0 Å². The largest absolute Gasteiger partial charge is 0.481 e. The number of hydrogen-bond donors (Lipinski definition) is 1. The molecule has 0 heterocycles. The van der Waals surface area contributed by atoms with Crippen LogP contribution < -0.4 is 10.1 Å². The van der Waals surface area contributed by atoms with Gasteiger partial charge in [-0.25, -0.2) is 0 Å². The van der Waals surface area contributed by atoms with Gasteiger partial charge in [0.1, 0.15) is 5.75 Å². The van der Waals surface area contributed by atoms with Gasteiger partial charge < -0.3 is 10.1 Å². The van der Waals surface area contributed by atoms with Crippen LogP contribution in [0.4, 0.5) is 11.4 Å². The molecule has 1 unspecified atom stereocenters. The molecule has 6 nitrogen and oxygen atoms in total. The van der Waals surface area contributed by atoms with Gasteiger partial charge in [-0.15, -0.1) is 0 Å². The molecule has 7 heteroatoms.